The summed E-state index contributed by atoms with van der Waals surface area (Å²) in [5, 5.41) is 0. The summed E-state index contributed by atoms with van der Waals surface area (Å²) in [4.78, 5) is 15.9. The minimum absolute atomic E-state index is 0.0700. The quantitative estimate of drug-likeness (QED) is 0.807. The van der Waals surface area contributed by atoms with Crippen LogP contribution >= 0.6 is 0 Å². The molecule has 0 N–H and O–H groups in total. The van der Waals surface area contributed by atoms with Crippen LogP contribution in [0.2, 0.25) is 0 Å². The monoisotopic (exact) mass is 279 g/mol. The van der Waals surface area contributed by atoms with Crippen molar-refractivity contribution >= 4 is 5.78 Å². The van der Waals surface area contributed by atoms with Crippen LogP contribution < -0.4 is 9.47 Å². The Kier molecular flexibility index (Phi) is 3.93. The maximum atomic E-state index is 14.1. The van der Waals surface area contributed by atoms with Crippen LogP contribution in [-0.2, 0) is 0 Å². The molecule has 0 atom stereocenters. The summed E-state index contributed by atoms with van der Waals surface area (Å²) in [6, 6.07) is 3.96. The molecule has 6 heteroatoms. The zero-order valence-electron chi connectivity index (χ0n) is 10.8. The molecule has 0 saturated heterocycles. The average molecular weight is 279 g/mol. The minimum Gasteiger partial charge on any atom is -0.494 e. The van der Waals surface area contributed by atoms with E-state index in [2.05, 4.69) is 4.98 Å². The molecule has 20 heavy (non-hydrogen) atoms. The number of carbonyl (C=O) groups excluding carboxylic acids is 1. The van der Waals surface area contributed by atoms with Crippen molar-refractivity contribution in [1.82, 2.24) is 4.98 Å². The lowest BCUT2D eigenvalue weighted by molar-refractivity contribution is 0.102. The van der Waals surface area contributed by atoms with Crippen molar-refractivity contribution < 1.29 is 23.0 Å². The molecule has 1 heterocycles. The van der Waals surface area contributed by atoms with Crippen LogP contribution in [0.1, 0.15) is 15.9 Å². The fraction of sp³-hybridized carbons (Fsp3) is 0.143. The van der Waals surface area contributed by atoms with Crippen molar-refractivity contribution in [2.45, 2.75) is 0 Å². The smallest absolute Gasteiger partial charge is 0.200 e. The first-order chi connectivity index (χ1) is 9.60. The van der Waals surface area contributed by atoms with Crippen molar-refractivity contribution in [2.24, 2.45) is 0 Å². The van der Waals surface area contributed by atoms with Gasteiger partial charge in [0.1, 0.15) is 5.56 Å². The van der Waals surface area contributed by atoms with Gasteiger partial charge in [-0.25, -0.2) is 8.78 Å². The Hall–Kier alpha value is -2.50. The van der Waals surface area contributed by atoms with Crippen molar-refractivity contribution in [2.75, 3.05) is 14.2 Å². The lowest BCUT2D eigenvalue weighted by atomic mass is 10.0. The Bertz CT molecular complexity index is 616. The Morgan fingerprint density at radius 1 is 1.15 bits per heavy atom. The van der Waals surface area contributed by atoms with Gasteiger partial charge in [-0.05, 0) is 12.1 Å². The number of nitrogens with zero attached hydrogens (tertiary/aromatic N) is 1. The largest absolute Gasteiger partial charge is 0.494 e. The maximum Gasteiger partial charge on any atom is 0.200 e. The summed E-state index contributed by atoms with van der Waals surface area (Å²) >= 11 is 0. The zero-order chi connectivity index (χ0) is 14.7. The summed E-state index contributed by atoms with van der Waals surface area (Å²) in [5.74, 6) is -3.50. The molecule has 0 unspecified atom stereocenters. The summed E-state index contributed by atoms with van der Waals surface area (Å²) in [5.41, 5.74) is -0.658. The summed E-state index contributed by atoms with van der Waals surface area (Å²) in [7, 11) is 2.43. The lowest BCUT2D eigenvalue weighted by Gasteiger charge is -2.11. The van der Waals surface area contributed by atoms with Gasteiger partial charge in [0.25, 0.3) is 0 Å². The summed E-state index contributed by atoms with van der Waals surface area (Å²) in [6.07, 6.45) is 2.68. The van der Waals surface area contributed by atoms with Crippen LogP contribution in [0.5, 0.6) is 11.5 Å². The molecule has 0 spiro atoms. The number of halogens is 2. The van der Waals surface area contributed by atoms with E-state index in [1.165, 1.54) is 38.7 Å². The second-order valence-corrected chi connectivity index (χ2v) is 3.85. The number of ketones is 1. The fourth-order valence-corrected chi connectivity index (χ4v) is 1.73. The number of rotatable bonds is 4. The van der Waals surface area contributed by atoms with Crippen LogP contribution in [0.3, 0.4) is 0 Å². The minimum atomic E-state index is -1.07. The third-order valence-corrected chi connectivity index (χ3v) is 2.72. The predicted octanol–water partition coefficient (Wildman–Crippen LogP) is 2.61. The number of aromatic nitrogens is 1. The highest BCUT2D eigenvalue weighted by atomic mass is 19.1. The highest BCUT2D eigenvalue weighted by molar-refractivity contribution is 6.09. The molecule has 0 radical (unpaired) electrons. The molecule has 0 bridgehead atoms. The van der Waals surface area contributed by atoms with Gasteiger partial charge in [0, 0.05) is 24.0 Å². The van der Waals surface area contributed by atoms with E-state index in [0.717, 1.165) is 6.07 Å². The van der Waals surface area contributed by atoms with Crippen molar-refractivity contribution in [3.05, 3.63) is 53.4 Å². The second-order valence-electron chi connectivity index (χ2n) is 3.85. The first-order valence-electron chi connectivity index (χ1n) is 5.64. The standard InChI is InChI=1S/C14H11F2NO3/c1-19-9-6-10(20-2)13(16)11(12(9)15)14(18)8-4-3-5-17-7-8/h3-7H,1-2H3. The lowest BCUT2D eigenvalue weighted by Crippen LogP contribution is -2.10. The van der Waals surface area contributed by atoms with Crippen molar-refractivity contribution in [3.8, 4) is 11.5 Å². The number of methoxy groups -OCH3 is 2. The molecular formula is C14H11F2NO3. The van der Waals surface area contributed by atoms with E-state index in [1.807, 2.05) is 0 Å². The number of hydrogen-bond acceptors (Lipinski definition) is 4. The number of ether oxygens (including phenoxy) is 2. The number of hydrogen-bond donors (Lipinski definition) is 0. The van der Waals surface area contributed by atoms with E-state index < -0.39 is 23.0 Å². The first-order valence-corrected chi connectivity index (χ1v) is 5.64. The molecule has 1 aromatic heterocycles. The van der Waals surface area contributed by atoms with Gasteiger partial charge in [0.05, 0.1) is 14.2 Å². The van der Waals surface area contributed by atoms with Gasteiger partial charge in [-0.1, -0.05) is 0 Å². The van der Waals surface area contributed by atoms with Gasteiger partial charge in [-0.2, -0.15) is 0 Å². The van der Waals surface area contributed by atoms with E-state index >= 15 is 0 Å². The third kappa shape index (κ3) is 2.32. The normalized spacial score (nSPS) is 10.2. The Morgan fingerprint density at radius 3 is 2.20 bits per heavy atom. The molecule has 0 saturated carbocycles. The number of pyridine rings is 1. The SMILES string of the molecule is COc1cc(OC)c(F)c(C(=O)c2cccnc2)c1F. The molecule has 0 amide bonds. The highest BCUT2D eigenvalue weighted by Gasteiger charge is 2.26. The van der Waals surface area contributed by atoms with Gasteiger partial charge >= 0.3 is 0 Å². The molecule has 2 aromatic rings. The van der Waals surface area contributed by atoms with Gasteiger partial charge in [0.2, 0.25) is 5.78 Å². The second kappa shape index (κ2) is 5.64. The fourth-order valence-electron chi connectivity index (χ4n) is 1.73. The Balaban J connectivity index is 2.64. The van der Waals surface area contributed by atoms with Gasteiger partial charge in [-0.15, -0.1) is 0 Å². The molecule has 0 fully saturated rings. The Labute approximate surface area is 114 Å². The van der Waals surface area contributed by atoms with Gasteiger partial charge < -0.3 is 9.47 Å². The highest BCUT2D eigenvalue weighted by Crippen LogP contribution is 2.32. The van der Waals surface area contributed by atoms with Crippen molar-refractivity contribution in [1.29, 1.82) is 0 Å². The van der Waals surface area contributed by atoms with Crippen LogP contribution in [-0.4, -0.2) is 25.0 Å². The Morgan fingerprint density at radius 2 is 1.75 bits per heavy atom. The molecule has 2 rings (SSSR count). The molecule has 4 nitrogen and oxygen atoms in total. The summed E-state index contributed by atoms with van der Waals surface area (Å²) < 4.78 is 37.8. The molecule has 0 aliphatic rings. The zero-order valence-corrected chi connectivity index (χ0v) is 10.8. The van der Waals surface area contributed by atoms with Gasteiger partial charge in [0.15, 0.2) is 23.1 Å². The van der Waals surface area contributed by atoms with E-state index in [9.17, 15) is 13.6 Å². The average Bonchev–Trinajstić information content (AvgIpc) is 2.48. The van der Waals surface area contributed by atoms with E-state index in [1.54, 1.807) is 0 Å². The number of carbonyl (C=O) groups is 1. The van der Waals surface area contributed by atoms with E-state index in [4.69, 9.17) is 9.47 Å². The summed E-state index contributed by atoms with van der Waals surface area (Å²) in [6.45, 7) is 0. The molecule has 0 aliphatic carbocycles. The van der Waals surface area contributed by atoms with Crippen molar-refractivity contribution in [3.63, 3.8) is 0 Å². The first kappa shape index (κ1) is 13.9. The van der Waals surface area contributed by atoms with E-state index in [-0.39, 0.29) is 17.1 Å². The molecular weight excluding hydrogens is 268 g/mol. The van der Waals surface area contributed by atoms with Crippen LogP contribution in [0, 0.1) is 11.6 Å². The predicted molar refractivity (Wildman–Crippen MR) is 67.1 cm³/mol. The van der Waals surface area contributed by atoms with E-state index in [0.29, 0.717) is 0 Å². The topological polar surface area (TPSA) is 48.4 Å². The van der Waals surface area contributed by atoms with Gasteiger partial charge in [-0.3, -0.25) is 9.78 Å². The molecule has 104 valence electrons. The van der Waals surface area contributed by atoms with Crippen LogP contribution in [0.4, 0.5) is 8.78 Å². The van der Waals surface area contributed by atoms with Crippen LogP contribution in [0.25, 0.3) is 0 Å². The maximum absolute atomic E-state index is 14.1. The molecule has 0 aliphatic heterocycles. The third-order valence-electron chi connectivity index (χ3n) is 2.72. The van der Waals surface area contributed by atoms with Crippen LogP contribution in [0.15, 0.2) is 30.6 Å². The molecule has 1 aromatic carbocycles. The number of benzene rings is 1.